The van der Waals surface area contributed by atoms with Crippen molar-refractivity contribution in [3.8, 4) is 11.5 Å². The maximum Gasteiger partial charge on any atom is 0.291 e. The van der Waals surface area contributed by atoms with Crippen LogP contribution in [0, 0.1) is 0 Å². The Balaban J connectivity index is 2.02. The van der Waals surface area contributed by atoms with Crippen molar-refractivity contribution in [2.45, 2.75) is 26.3 Å². The summed E-state index contributed by atoms with van der Waals surface area (Å²) in [5.74, 6) is 0.553. The summed E-state index contributed by atoms with van der Waals surface area (Å²) in [6.07, 6.45) is 2.05. The highest BCUT2D eigenvalue weighted by molar-refractivity contribution is 7.00. The third-order valence-electron chi connectivity index (χ3n) is 3.03. The average Bonchev–Trinajstić information content (AvgIpc) is 2.99. The van der Waals surface area contributed by atoms with E-state index in [-0.39, 0.29) is 5.56 Å². The van der Waals surface area contributed by atoms with Gasteiger partial charge in [0.1, 0.15) is 5.58 Å². The standard InChI is InChI=1S/C14H14N2O2S/c1-2-3-8-16-14(17)13(15-19-16)12-9-10-6-4-5-7-11(10)18-12/h4-7,9H,2-3,8H2,1H3. The number of hydrogen-bond donors (Lipinski definition) is 0. The van der Waals surface area contributed by atoms with Crippen LogP contribution in [0.1, 0.15) is 19.8 Å². The fraction of sp³-hybridized carbons (Fsp3) is 0.286. The number of fused-ring (bicyclic) bond motifs is 1. The highest BCUT2D eigenvalue weighted by atomic mass is 32.1. The van der Waals surface area contributed by atoms with Crippen LogP contribution in [0.3, 0.4) is 0 Å². The third-order valence-corrected chi connectivity index (χ3v) is 3.84. The molecule has 0 bridgehead atoms. The zero-order chi connectivity index (χ0) is 13.2. The molecule has 0 aliphatic carbocycles. The number of hydrogen-bond acceptors (Lipinski definition) is 4. The number of benzene rings is 1. The van der Waals surface area contributed by atoms with Crippen LogP contribution in [0.2, 0.25) is 0 Å². The van der Waals surface area contributed by atoms with Crippen LogP contribution in [0.5, 0.6) is 0 Å². The molecule has 0 unspecified atom stereocenters. The lowest BCUT2D eigenvalue weighted by atomic mass is 10.2. The van der Waals surface area contributed by atoms with Gasteiger partial charge >= 0.3 is 0 Å². The van der Waals surface area contributed by atoms with Gasteiger partial charge in [0.25, 0.3) is 5.56 Å². The molecule has 0 amide bonds. The first-order valence-corrected chi connectivity index (χ1v) is 7.08. The van der Waals surface area contributed by atoms with Gasteiger partial charge in [0.2, 0.25) is 0 Å². The van der Waals surface area contributed by atoms with Crippen LogP contribution in [0.4, 0.5) is 0 Å². The molecule has 0 aliphatic rings. The minimum absolute atomic E-state index is 0.0579. The van der Waals surface area contributed by atoms with Crippen LogP contribution in [0.25, 0.3) is 22.4 Å². The monoisotopic (exact) mass is 274 g/mol. The Morgan fingerprint density at radius 1 is 1.37 bits per heavy atom. The van der Waals surface area contributed by atoms with Crippen LogP contribution in [-0.4, -0.2) is 8.33 Å². The molecule has 0 saturated heterocycles. The van der Waals surface area contributed by atoms with Gasteiger partial charge in [-0.15, -0.1) is 0 Å². The van der Waals surface area contributed by atoms with Crippen LogP contribution < -0.4 is 5.56 Å². The van der Waals surface area contributed by atoms with Gasteiger partial charge < -0.3 is 4.42 Å². The van der Waals surface area contributed by atoms with Crippen molar-refractivity contribution < 1.29 is 4.42 Å². The summed E-state index contributed by atoms with van der Waals surface area (Å²) in [7, 11) is 0. The number of rotatable bonds is 4. The Hall–Kier alpha value is -1.88. The minimum Gasteiger partial charge on any atom is -0.454 e. The summed E-state index contributed by atoms with van der Waals surface area (Å²) in [5, 5.41) is 0.991. The molecule has 2 heterocycles. The van der Waals surface area contributed by atoms with Crippen molar-refractivity contribution >= 4 is 22.7 Å². The summed E-state index contributed by atoms with van der Waals surface area (Å²) in [6, 6.07) is 9.58. The van der Waals surface area contributed by atoms with Gasteiger partial charge in [-0.05, 0) is 18.6 Å². The van der Waals surface area contributed by atoms with Gasteiger partial charge in [-0.25, -0.2) is 3.96 Å². The lowest BCUT2D eigenvalue weighted by Crippen LogP contribution is -2.14. The van der Waals surface area contributed by atoms with Gasteiger partial charge in [-0.2, -0.15) is 4.37 Å². The molecule has 2 aromatic heterocycles. The molecule has 1 aromatic carbocycles. The molecule has 19 heavy (non-hydrogen) atoms. The van der Waals surface area contributed by atoms with Crippen molar-refractivity contribution in [2.75, 3.05) is 0 Å². The SMILES string of the molecule is CCCCn1snc(-c2cc3ccccc3o2)c1=O. The molecule has 4 nitrogen and oxygen atoms in total. The highest BCUT2D eigenvalue weighted by Crippen LogP contribution is 2.25. The van der Waals surface area contributed by atoms with Crippen molar-refractivity contribution in [1.82, 2.24) is 8.33 Å². The summed E-state index contributed by atoms with van der Waals surface area (Å²) in [6.45, 7) is 2.83. The van der Waals surface area contributed by atoms with E-state index in [1.165, 1.54) is 11.7 Å². The first kappa shape index (κ1) is 12.2. The second-order valence-corrected chi connectivity index (χ2v) is 5.22. The normalized spacial score (nSPS) is 11.2. The predicted molar refractivity (Wildman–Crippen MR) is 76.5 cm³/mol. The smallest absolute Gasteiger partial charge is 0.291 e. The lowest BCUT2D eigenvalue weighted by molar-refractivity contribution is 0.625. The Labute approximate surface area is 114 Å². The Bertz CT molecular complexity index is 721. The van der Waals surface area contributed by atoms with E-state index in [1.54, 1.807) is 3.96 Å². The maximum absolute atomic E-state index is 12.2. The molecular formula is C14H14N2O2S. The lowest BCUT2D eigenvalue weighted by Gasteiger charge is -1.94. The second-order valence-electron chi connectivity index (χ2n) is 4.43. The average molecular weight is 274 g/mol. The minimum atomic E-state index is -0.0579. The van der Waals surface area contributed by atoms with Crippen LogP contribution >= 0.6 is 11.7 Å². The van der Waals surface area contributed by atoms with Gasteiger partial charge in [-0.3, -0.25) is 4.79 Å². The third kappa shape index (κ3) is 2.21. The number of furan rings is 1. The molecule has 0 N–H and O–H groups in total. The molecule has 0 spiro atoms. The van der Waals surface area contributed by atoms with E-state index in [0.717, 1.165) is 30.4 Å². The van der Waals surface area contributed by atoms with Crippen molar-refractivity contribution in [2.24, 2.45) is 0 Å². The number of nitrogens with zero attached hydrogens (tertiary/aromatic N) is 2. The molecule has 0 radical (unpaired) electrons. The highest BCUT2D eigenvalue weighted by Gasteiger charge is 2.15. The van der Waals surface area contributed by atoms with Gasteiger partial charge in [0.15, 0.2) is 11.5 Å². The molecule has 98 valence electrons. The predicted octanol–water partition coefficient (Wildman–Crippen LogP) is 3.52. The fourth-order valence-corrected chi connectivity index (χ4v) is 2.70. The molecular weight excluding hydrogens is 260 g/mol. The van der Waals surface area contributed by atoms with E-state index < -0.39 is 0 Å². The molecule has 3 aromatic rings. The molecule has 0 aliphatic heterocycles. The number of aryl methyl sites for hydroxylation is 1. The van der Waals surface area contributed by atoms with Gasteiger partial charge in [0, 0.05) is 23.7 Å². The van der Waals surface area contributed by atoms with E-state index in [1.807, 2.05) is 30.3 Å². The molecule has 3 rings (SSSR count). The van der Waals surface area contributed by atoms with E-state index in [2.05, 4.69) is 11.3 Å². The second kappa shape index (κ2) is 5.01. The molecule has 0 atom stereocenters. The Morgan fingerprint density at radius 2 is 2.21 bits per heavy atom. The van der Waals surface area contributed by atoms with Crippen LogP contribution in [0.15, 0.2) is 39.5 Å². The fourth-order valence-electron chi connectivity index (χ4n) is 1.98. The molecule has 5 heteroatoms. The topological polar surface area (TPSA) is 48.0 Å². The quantitative estimate of drug-likeness (QED) is 0.731. The summed E-state index contributed by atoms with van der Waals surface area (Å²) in [4.78, 5) is 12.2. The number of unbranched alkanes of at least 4 members (excludes halogenated alkanes) is 1. The summed E-state index contributed by atoms with van der Waals surface area (Å²) >= 11 is 1.22. The van der Waals surface area contributed by atoms with Gasteiger partial charge in [0.05, 0.1) is 0 Å². The zero-order valence-electron chi connectivity index (χ0n) is 10.6. The van der Waals surface area contributed by atoms with Crippen molar-refractivity contribution in [3.05, 3.63) is 40.7 Å². The molecule has 0 fully saturated rings. The van der Waals surface area contributed by atoms with Gasteiger partial charge in [-0.1, -0.05) is 31.5 Å². The zero-order valence-corrected chi connectivity index (χ0v) is 11.4. The summed E-state index contributed by atoms with van der Waals surface area (Å²) < 4.78 is 11.6. The Morgan fingerprint density at radius 3 is 3.00 bits per heavy atom. The maximum atomic E-state index is 12.2. The first-order valence-electron chi connectivity index (χ1n) is 6.35. The Kier molecular flexibility index (Phi) is 3.21. The van der Waals surface area contributed by atoms with Crippen LogP contribution in [-0.2, 0) is 6.54 Å². The molecule has 0 saturated carbocycles. The van der Waals surface area contributed by atoms with E-state index in [0.29, 0.717) is 11.5 Å². The van der Waals surface area contributed by atoms with Crippen molar-refractivity contribution in [1.29, 1.82) is 0 Å². The number of para-hydroxylation sites is 1. The number of aromatic nitrogens is 2. The van der Waals surface area contributed by atoms with E-state index in [9.17, 15) is 4.79 Å². The van der Waals surface area contributed by atoms with E-state index in [4.69, 9.17) is 4.42 Å². The summed E-state index contributed by atoms with van der Waals surface area (Å²) in [5.41, 5.74) is 1.14. The van der Waals surface area contributed by atoms with Crippen molar-refractivity contribution in [3.63, 3.8) is 0 Å². The first-order chi connectivity index (χ1) is 9.29. The van der Waals surface area contributed by atoms with E-state index >= 15 is 0 Å². The largest absolute Gasteiger partial charge is 0.454 e.